The van der Waals surface area contributed by atoms with Gasteiger partial charge in [-0.2, -0.15) is 4.57 Å². The molecule has 0 unspecified atom stereocenters. The highest BCUT2D eigenvalue weighted by atomic mass is 32.2. The Morgan fingerprint density at radius 2 is 2.13 bits per heavy atom. The van der Waals surface area contributed by atoms with Gasteiger partial charge in [0, 0.05) is 46.0 Å². The zero-order valence-electron chi connectivity index (χ0n) is 15.5. The first kappa shape index (κ1) is 19.9. The first-order chi connectivity index (χ1) is 14.5. The third-order valence-electron chi connectivity index (χ3n) is 4.96. The molecular formula is C19H16N5O2S4+. The molecular weight excluding hydrogens is 459 g/mol. The van der Waals surface area contributed by atoms with Crippen LogP contribution < -0.4 is 10.3 Å². The number of aromatic nitrogens is 3. The van der Waals surface area contributed by atoms with E-state index in [1.54, 1.807) is 29.3 Å². The summed E-state index contributed by atoms with van der Waals surface area (Å²) in [5.74, 6) is 0.325. The second-order valence-corrected chi connectivity index (χ2v) is 10.1. The largest absolute Gasteiger partial charge is 0.317 e. The predicted octanol–water partition coefficient (Wildman–Crippen LogP) is 2.01. The Labute approximate surface area is 190 Å². The molecule has 3 aromatic heterocycles. The average molecular weight is 475 g/mol. The number of hydrogen-bond donors (Lipinski definition) is 2. The van der Waals surface area contributed by atoms with E-state index in [-0.39, 0.29) is 11.3 Å². The minimum Gasteiger partial charge on any atom is -0.317 e. The van der Waals surface area contributed by atoms with Gasteiger partial charge in [0.2, 0.25) is 11.0 Å². The highest BCUT2D eigenvalue weighted by molar-refractivity contribution is 8.00. The highest BCUT2D eigenvalue weighted by Crippen LogP contribution is 2.44. The topological polar surface area (TPSA) is 93.1 Å². The smallest absolute Gasteiger partial charge is 0.248 e. The van der Waals surface area contributed by atoms with Crippen molar-refractivity contribution in [1.82, 2.24) is 14.9 Å². The Hall–Kier alpha value is -2.05. The van der Waals surface area contributed by atoms with Crippen LogP contribution in [0.3, 0.4) is 0 Å². The fraction of sp³-hybridized carbons (Fsp3) is 0.211. The van der Waals surface area contributed by atoms with Gasteiger partial charge < -0.3 is 5.73 Å². The molecule has 1 fully saturated rings. The van der Waals surface area contributed by atoms with Crippen LogP contribution in [0.5, 0.6) is 0 Å². The van der Waals surface area contributed by atoms with Crippen LogP contribution in [0, 0.1) is 0 Å². The molecule has 5 rings (SSSR count). The van der Waals surface area contributed by atoms with Gasteiger partial charge in [0.25, 0.3) is 0 Å². The lowest BCUT2D eigenvalue weighted by Gasteiger charge is -2.48. The molecule has 5 heterocycles. The number of fused-ring (bicyclic) bond motifs is 1. The number of amides is 1. The fourth-order valence-corrected chi connectivity index (χ4v) is 6.57. The van der Waals surface area contributed by atoms with Gasteiger partial charge in [-0.1, -0.05) is 12.6 Å². The molecule has 0 bridgehead atoms. The summed E-state index contributed by atoms with van der Waals surface area (Å²) in [4.78, 5) is 34.9. The third-order valence-corrected chi connectivity index (χ3v) is 8.14. The summed E-state index contributed by atoms with van der Waals surface area (Å²) in [5, 5.41) is 5.06. The van der Waals surface area contributed by atoms with Crippen molar-refractivity contribution in [2.45, 2.75) is 18.0 Å². The van der Waals surface area contributed by atoms with E-state index in [0.717, 1.165) is 33.4 Å². The standard InChI is InChI=1S/C19H15N5O2S4/c20-14-17(25)24-15(19(26)27)11(8-30-18(14)24)16-22-12(9-29-16)10-1-4-23(5-2-10)7-13-21-3-6-28-13/h1-6,9,14,18H,7-8,20H2/p+1/t14-,18-/m1/s1. The number of rotatable bonds is 5. The Kier molecular flexibility index (Phi) is 5.23. The van der Waals surface area contributed by atoms with Gasteiger partial charge in [-0.25, -0.2) is 9.97 Å². The highest BCUT2D eigenvalue weighted by Gasteiger charge is 2.51. The van der Waals surface area contributed by atoms with Crippen LogP contribution in [0.25, 0.3) is 16.8 Å². The number of pyridine rings is 1. The minimum atomic E-state index is -0.563. The Morgan fingerprint density at radius 1 is 1.33 bits per heavy atom. The molecule has 2 aliphatic rings. The molecule has 30 heavy (non-hydrogen) atoms. The van der Waals surface area contributed by atoms with Crippen LogP contribution in [-0.4, -0.2) is 43.1 Å². The normalized spacial score (nSPS) is 20.9. The van der Waals surface area contributed by atoms with Crippen molar-refractivity contribution < 1.29 is 14.2 Å². The van der Waals surface area contributed by atoms with Gasteiger partial charge in [0.15, 0.2) is 23.9 Å². The van der Waals surface area contributed by atoms with E-state index in [0.29, 0.717) is 11.4 Å². The van der Waals surface area contributed by atoms with Gasteiger partial charge in [-0.05, 0) is 0 Å². The number of nitrogens with two attached hydrogens (primary N) is 1. The van der Waals surface area contributed by atoms with Crippen molar-refractivity contribution >= 4 is 63.7 Å². The van der Waals surface area contributed by atoms with E-state index in [1.807, 2.05) is 35.3 Å². The number of nitrogens with zero attached hydrogens (tertiary/aromatic N) is 4. The van der Waals surface area contributed by atoms with Gasteiger partial charge in [-0.15, -0.1) is 34.4 Å². The molecule has 2 aliphatic heterocycles. The van der Waals surface area contributed by atoms with Crippen molar-refractivity contribution in [3.8, 4) is 11.3 Å². The predicted molar refractivity (Wildman–Crippen MR) is 121 cm³/mol. The maximum absolute atomic E-state index is 12.2. The van der Waals surface area contributed by atoms with Gasteiger partial charge in [-0.3, -0.25) is 14.5 Å². The van der Waals surface area contributed by atoms with Gasteiger partial charge >= 0.3 is 0 Å². The van der Waals surface area contributed by atoms with Crippen molar-refractivity contribution in [1.29, 1.82) is 0 Å². The Bertz CT molecular complexity index is 1160. The van der Waals surface area contributed by atoms with Crippen molar-refractivity contribution in [2.24, 2.45) is 5.73 Å². The first-order valence-corrected chi connectivity index (χ1v) is 12.3. The van der Waals surface area contributed by atoms with E-state index in [1.165, 1.54) is 16.2 Å². The first-order valence-electron chi connectivity index (χ1n) is 9.03. The average Bonchev–Trinajstić information content (AvgIpc) is 3.45. The van der Waals surface area contributed by atoms with Crippen molar-refractivity contribution in [3.63, 3.8) is 0 Å². The quantitative estimate of drug-likeness (QED) is 0.334. The van der Waals surface area contributed by atoms with E-state index in [2.05, 4.69) is 22.2 Å². The number of thiol groups is 1. The van der Waals surface area contributed by atoms with Crippen LogP contribution >= 0.6 is 47.1 Å². The summed E-state index contributed by atoms with van der Waals surface area (Å²) in [5.41, 5.74) is 8.73. The summed E-state index contributed by atoms with van der Waals surface area (Å²) in [6, 6.07) is 3.45. The van der Waals surface area contributed by atoms with Crippen LogP contribution in [0.4, 0.5) is 0 Å². The SMILES string of the molecule is N[C@@H]1C(=O)N2C(C(=O)S)=C(c3nc(-c4cc[n+](Cc5nccs5)cc4)cs3)CS[C@H]12. The zero-order chi connectivity index (χ0) is 20.8. The second kappa shape index (κ2) is 7.89. The number of hydrogen-bond acceptors (Lipinski definition) is 8. The summed E-state index contributed by atoms with van der Waals surface area (Å²) in [7, 11) is 0. The molecule has 0 radical (unpaired) electrons. The number of thiazole rings is 2. The van der Waals surface area contributed by atoms with Crippen LogP contribution in [0.2, 0.25) is 0 Å². The molecule has 11 heteroatoms. The monoisotopic (exact) mass is 474 g/mol. The number of thioether (sulfide) groups is 1. The number of carbonyl (C=O) groups is 2. The molecule has 2 atom stereocenters. The summed E-state index contributed by atoms with van der Waals surface area (Å²) >= 11 is 8.64. The zero-order valence-corrected chi connectivity index (χ0v) is 18.8. The maximum Gasteiger partial charge on any atom is 0.248 e. The summed E-state index contributed by atoms with van der Waals surface area (Å²) in [6.07, 6.45) is 5.80. The van der Waals surface area contributed by atoms with Crippen LogP contribution in [0.1, 0.15) is 10.0 Å². The molecule has 0 aliphatic carbocycles. The lowest BCUT2D eigenvalue weighted by Crippen LogP contribution is -2.68. The second-order valence-electron chi connectivity index (χ2n) is 6.79. The van der Waals surface area contributed by atoms with Gasteiger partial charge in [0.05, 0.1) is 5.69 Å². The Balaban J connectivity index is 1.42. The van der Waals surface area contributed by atoms with Crippen molar-refractivity contribution in [3.05, 3.63) is 57.2 Å². The third kappa shape index (κ3) is 3.40. The molecule has 1 saturated heterocycles. The lowest BCUT2D eigenvalue weighted by atomic mass is 10.0. The Morgan fingerprint density at radius 3 is 2.83 bits per heavy atom. The van der Waals surface area contributed by atoms with Crippen LogP contribution in [-0.2, 0) is 16.1 Å². The van der Waals surface area contributed by atoms with Crippen LogP contribution in [0.15, 0.2) is 47.2 Å². The number of β-lactam (4-membered cyclic amide) rings is 1. The summed E-state index contributed by atoms with van der Waals surface area (Å²) < 4.78 is 2.06. The van der Waals surface area contributed by atoms with E-state index in [9.17, 15) is 9.59 Å². The molecule has 3 aromatic rings. The van der Waals surface area contributed by atoms with Gasteiger partial charge in [0.1, 0.15) is 22.1 Å². The molecule has 152 valence electrons. The molecule has 1 amide bonds. The minimum absolute atomic E-state index is 0.200. The van der Waals surface area contributed by atoms with E-state index >= 15 is 0 Å². The fourth-order valence-electron chi connectivity index (χ4n) is 3.45. The number of carbonyl (C=O) groups excluding carboxylic acids is 2. The molecule has 0 spiro atoms. The van der Waals surface area contributed by atoms with Crippen molar-refractivity contribution in [2.75, 3.05) is 5.75 Å². The molecule has 0 saturated carbocycles. The molecule has 0 aromatic carbocycles. The molecule has 2 N–H and O–H groups in total. The maximum atomic E-state index is 12.2. The van der Waals surface area contributed by atoms with E-state index < -0.39 is 11.2 Å². The lowest BCUT2D eigenvalue weighted by molar-refractivity contribution is -0.688. The summed E-state index contributed by atoms with van der Waals surface area (Å²) in [6.45, 7) is 0.727. The van der Waals surface area contributed by atoms with E-state index in [4.69, 9.17) is 10.7 Å². The molecule has 7 nitrogen and oxygen atoms in total.